The first-order valence-corrected chi connectivity index (χ1v) is 6.35. The molecule has 0 aromatic heterocycles. The molecule has 19 heavy (non-hydrogen) atoms. The zero-order valence-electron chi connectivity index (χ0n) is 9.23. The van der Waals surface area contributed by atoms with Gasteiger partial charge in [-0.2, -0.15) is 8.42 Å². The minimum absolute atomic E-state index is 0.0647. The lowest BCUT2D eigenvalue weighted by atomic mass is 10.0. The summed E-state index contributed by atoms with van der Waals surface area (Å²) in [5, 5.41) is 28.1. The molecular weight excluding hydrogens is 276 g/mol. The summed E-state index contributed by atoms with van der Waals surface area (Å²) in [6.07, 6.45) is 0. The molecule has 0 saturated carbocycles. The van der Waals surface area contributed by atoms with E-state index in [2.05, 4.69) is 0 Å². The van der Waals surface area contributed by atoms with Gasteiger partial charge in [0, 0.05) is 16.8 Å². The van der Waals surface area contributed by atoms with Crippen molar-refractivity contribution in [3.8, 4) is 11.5 Å². The monoisotopic (exact) mass is 284 g/mol. The van der Waals surface area contributed by atoms with Crippen molar-refractivity contribution in [1.82, 2.24) is 0 Å². The van der Waals surface area contributed by atoms with Crippen molar-refractivity contribution in [2.45, 2.75) is 4.90 Å². The molecule has 0 saturated heterocycles. The van der Waals surface area contributed by atoms with E-state index < -0.39 is 38.0 Å². The molecule has 0 aliphatic rings. The summed E-state index contributed by atoms with van der Waals surface area (Å²) in [7, 11) is -4.59. The number of rotatable bonds is 2. The molecule has 2 aromatic carbocycles. The smallest absolute Gasteiger partial charge is 0.339 e. The zero-order valence-corrected chi connectivity index (χ0v) is 10.0. The summed E-state index contributed by atoms with van der Waals surface area (Å²) >= 11 is 0. The number of aromatic hydroxyl groups is 2. The molecule has 0 aliphatic heterocycles. The number of carboxylic acids is 1. The lowest BCUT2D eigenvalue weighted by Gasteiger charge is -2.08. The normalized spacial score (nSPS) is 11.6. The second-order valence-electron chi connectivity index (χ2n) is 3.78. The predicted molar refractivity (Wildman–Crippen MR) is 64.1 cm³/mol. The van der Waals surface area contributed by atoms with E-state index >= 15 is 0 Å². The Kier molecular flexibility index (Phi) is 2.84. The quantitative estimate of drug-likeness (QED) is 0.609. The third-order valence-corrected chi connectivity index (χ3v) is 3.42. The molecule has 0 bridgehead atoms. The number of carbonyl (C=O) groups is 1. The molecular formula is C11H8O7S. The molecule has 0 unspecified atom stereocenters. The maximum absolute atomic E-state index is 11.0. The maximum Gasteiger partial charge on any atom is 0.339 e. The minimum atomic E-state index is -4.59. The Morgan fingerprint density at radius 1 is 1.05 bits per heavy atom. The summed E-state index contributed by atoms with van der Waals surface area (Å²) in [5.41, 5.74) is -0.445. The Morgan fingerprint density at radius 3 is 2.21 bits per heavy atom. The molecule has 8 heteroatoms. The lowest BCUT2D eigenvalue weighted by Crippen LogP contribution is -2.00. The van der Waals surface area contributed by atoms with Crippen LogP contribution in [0.4, 0.5) is 0 Å². The van der Waals surface area contributed by atoms with Gasteiger partial charge in [-0.3, -0.25) is 4.55 Å². The van der Waals surface area contributed by atoms with Gasteiger partial charge in [0.2, 0.25) is 0 Å². The fourth-order valence-electron chi connectivity index (χ4n) is 1.70. The van der Waals surface area contributed by atoms with Crippen LogP contribution in [-0.2, 0) is 10.1 Å². The third-order valence-electron chi connectivity index (χ3n) is 2.59. The second-order valence-corrected chi connectivity index (χ2v) is 5.20. The molecule has 0 radical (unpaired) electrons. The molecule has 4 N–H and O–H groups in total. The van der Waals surface area contributed by atoms with Crippen LogP contribution in [-0.4, -0.2) is 34.3 Å². The Hall–Kier alpha value is -2.32. The number of hydrogen-bond acceptors (Lipinski definition) is 5. The molecule has 0 spiro atoms. The topological polar surface area (TPSA) is 132 Å². The van der Waals surface area contributed by atoms with E-state index in [0.29, 0.717) is 0 Å². The minimum Gasteiger partial charge on any atom is -0.507 e. The van der Waals surface area contributed by atoms with Crippen molar-refractivity contribution in [2.75, 3.05) is 0 Å². The first-order valence-electron chi connectivity index (χ1n) is 4.91. The van der Waals surface area contributed by atoms with E-state index in [4.69, 9.17) is 9.66 Å². The Balaban J connectivity index is 2.92. The van der Waals surface area contributed by atoms with Crippen LogP contribution in [0.5, 0.6) is 11.5 Å². The molecule has 0 aliphatic carbocycles. The SMILES string of the molecule is O=C(O)c1ccc2c(O)cc(S(=O)(=O)O)cc2c1O. The Bertz CT molecular complexity index is 792. The summed E-state index contributed by atoms with van der Waals surface area (Å²) in [6, 6.07) is 3.98. The summed E-state index contributed by atoms with van der Waals surface area (Å²) < 4.78 is 30.9. The third kappa shape index (κ3) is 2.18. The van der Waals surface area contributed by atoms with Gasteiger partial charge in [-0.15, -0.1) is 0 Å². The highest BCUT2D eigenvalue weighted by atomic mass is 32.2. The van der Waals surface area contributed by atoms with Gasteiger partial charge in [-0.1, -0.05) is 0 Å². The van der Waals surface area contributed by atoms with Gasteiger partial charge in [-0.05, 0) is 18.2 Å². The highest BCUT2D eigenvalue weighted by molar-refractivity contribution is 7.85. The zero-order chi connectivity index (χ0) is 14.4. The molecule has 0 fully saturated rings. The summed E-state index contributed by atoms with van der Waals surface area (Å²) in [6.45, 7) is 0. The van der Waals surface area contributed by atoms with Crippen molar-refractivity contribution in [3.63, 3.8) is 0 Å². The molecule has 0 atom stereocenters. The summed E-state index contributed by atoms with van der Waals surface area (Å²) in [4.78, 5) is 10.2. The van der Waals surface area contributed by atoms with Crippen LogP contribution < -0.4 is 0 Å². The molecule has 2 rings (SSSR count). The van der Waals surface area contributed by atoms with Crippen LogP contribution in [0.25, 0.3) is 10.8 Å². The number of aromatic carboxylic acids is 1. The van der Waals surface area contributed by atoms with E-state index in [1.165, 1.54) is 6.07 Å². The summed E-state index contributed by atoms with van der Waals surface area (Å²) in [5.74, 6) is -2.60. The average molecular weight is 284 g/mol. The predicted octanol–water partition coefficient (Wildman–Crippen LogP) is 1.20. The largest absolute Gasteiger partial charge is 0.507 e. The van der Waals surface area contributed by atoms with Gasteiger partial charge in [-0.25, -0.2) is 4.79 Å². The van der Waals surface area contributed by atoms with Crippen molar-refractivity contribution < 1.29 is 33.1 Å². The van der Waals surface area contributed by atoms with Gasteiger partial charge in [0.15, 0.2) is 0 Å². The van der Waals surface area contributed by atoms with Gasteiger partial charge in [0.05, 0.1) is 4.90 Å². The number of hydrogen-bond donors (Lipinski definition) is 4. The number of fused-ring (bicyclic) bond motifs is 1. The number of phenolic OH excluding ortho intramolecular Hbond substituents is 1. The number of phenols is 2. The molecule has 7 nitrogen and oxygen atoms in total. The average Bonchev–Trinajstić information content (AvgIpc) is 2.28. The maximum atomic E-state index is 11.0. The fourth-order valence-corrected chi connectivity index (χ4v) is 2.22. The Labute approximate surface area is 107 Å². The highest BCUT2D eigenvalue weighted by Crippen LogP contribution is 2.36. The Morgan fingerprint density at radius 2 is 1.68 bits per heavy atom. The van der Waals surface area contributed by atoms with Crippen molar-refractivity contribution in [2.24, 2.45) is 0 Å². The fraction of sp³-hybridized carbons (Fsp3) is 0. The van der Waals surface area contributed by atoms with E-state index in [1.54, 1.807) is 0 Å². The van der Waals surface area contributed by atoms with Crippen molar-refractivity contribution in [3.05, 3.63) is 29.8 Å². The van der Waals surface area contributed by atoms with Crippen LogP contribution in [0, 0.1) is 0 Å². The van der Waals surface area contributed by atoms with E-state index in [9.17, 15) is 23.4 Å². The lowest BCUT2D eigenvalue weighted by molar-refractivity contribution is 0.0694. The number of carboxylic acid groups (broad SMARTS) is 1. The van der Waals surface area contributed by atoms with E-state index in [1.807, 2.05) is 0 Å². The van der Waals surface area contributed by atoms with Gasteiger partial charge >= 0.3 is 5.97 Å². The van der Waals surface area contributed by atoms with Gasteiger partial charge < -0.3 is 15.3 Å². The van der Waals surface area contributed by atoms with Gasteiger partial charge in [0.25, 0.3) is 10.1 Å². The first kappa shape index (κ1) is 13.1. The molecule has 0 heterocycles. The van der Waals surface area contributed by atoms with Crippen LogP contribution >= 0.6 is 0 Å². The van der Waals surface area contributed by atoms with E-state index in [-0.39, 0.29) is 10.8 Å². The molecule has 2 aromatic rings. The molecule has 0 amide bonds. The van der Waals surface area contributed by atoms with Gasteiger partial charge in [0.1, 0.15) is 17.1 Å². The second kappa shape index (κ2) is 4.11. The standard InChI is InChI=1S/C11H8O7S/c12-9-4-5(19(16,17)18)3-8-6(9)1-2-7(10(8)13)11(14)15/h1-4,12-13H,(H,14,15)(H,16,17,18). The van der Waals surface area contributed by atoms with Crippen LogP contribution in [0.2, 0.25) is 0 Å². The van der Waals surface area contributed by atoms with Crippen LogP contribution in [0.1, 0.15) is 10.4 Å². The molecule has 100 valence electrons. The van der Waals surface area contributed by atoms with Crippen LogP contribution in [0.3, 0.4) is 0 Å². The first-order chi connectivity index (χ1) is 8.71. The highest BCUT2D eigenvalue weighted by Gasteiger charge is 2.18. The van der Waals surface area contributed by atoms with Crippen molar-refractivity contribution in [1.29, 1.82) is 0 Å². The van der Waals surface area contributed by atoms with Crippen molar-refractivity contribution >= 4 is 26.9 Å². The van der Waals surface area contributed by atoms with E-state index in [0.717, 1.165) is 18.2 Å². The van der Waals surface area contributed by atoms with Crippen LogP contribution in [0.15, 0.2) is 29.2 Å². The number of benzene rings is 2.